The summed E-state index contributed by atoms with van der Waals surface area (Å²) >= 11 is 0. The molecule has 150 valence electrons. The third kappa shape index (κ3) is 3.99. The van der Waals surface area contributed by atoms with Crippen LogP contribution in [0.3, 0.4) is 0 Å². The summed E-state index contributed by atoms with van der Waals surface area (Å²) in [5, 5.41) is 8.58. The van der Waals surface area contributed by atoms with Gasteiger partial charge in [-0.25, -0.2) is 9.67 Å². The average Bonchev–Trinajstić information content (AvgIpc) is 3.11. The molecule has 1 saturated heterocycles. The predicted molar refractivity (Wildman–Crippen MR) is 117 cm³/mol. The fourth-order valence-electron chi connectivity index (χ4n) is 3.51. The lowest BCUT2D eigenvalue weighted by atomic mass is 10.0. The van der Waals surface area contributed by atoms with Gasteiger partial charge in [-0.3, -0.25) is 4.79 Å². The molecule has 6 nitrogen and oxygen atoms in total. The number of rotatable bonds is 3. The summed E-state index contributed by atoms with van der Waals surface area (Å²) in [6, 6.07) is 12.1. The molecule has 4 rings (SSSR count). The molecule has 2 aromatic heterocycles. The van der Waals surface area contributed by atoms with Crippen molar-refractivity contribution in [1.82, 2.24) is 25.0 Å². The Bertz CT molecular complexity index is 944. The van der Waals surface area contributed by atoms with Gasteiger partial charge in [0.05, 0.1) is 22.8 Å². The summed E-state index contributed by atoms with van der Waals surface area (Å²) in [5.41, 5.74) is 3.25. The number of benzene rings is 1. The quantitative estimate of drug-likeness (QED) is 0.703. The van der Waals surface area contributed by atoms with E-state index in [0.717, 1.165) is 35.4 Å². The maximum Gasteiger partial charge on any atom is 0.255 e. The molecule has 0 bridgehead atoms. The van der Waals surface area contributed by atoms with Crippen LogP contribution in [0.15, 0.2) is 42.6 Å². The molecule has 0 radical (unpaired) electrons. The summed E-state index contributed by atoms with van der Waals surface area (Å²) in [6.45, 7) is 7.18. The second-order valence-electron chi connectivity index (χ2n) is 6.67. The van der Waals surface area contributed by atoms with Gasteiger partial charge in [0.1, 0.15) is 0 Å². The van der Waals surface area contributed by atoms with Gasteiger partial charge in [-0.15, -0.1) is 24.8 Å². The summed E-state index contributed by atoms with van der Waals surface area (Å²) in [4.78, 5) is 20.1. The maximum absolute atomic E-state index is 13.3. The van der Waals surface area contributed by atoms with E-state index >= 15 is 0 Å². The molecule has 1 amide bonds. The Hall–Kier alpha value is -2.15. The lowest BCUT2D eigenvalue weighted by Gasteiger charge is -2.34. The van der Waals surface area contributed by atoms with Gasteiger partial charge in [-0.05, 0) is 19.9 Å². The highest BCUT2D eigenvalue weighted by Crippen LogP contribution is 2.26. The second-order valence-corrected chi connectivity index (χ2v) is 6.67. The van der Waals surface area contributed by atoms with Crippen molar-refractivity contribution in [2.24, 2.45) is 0 Å². The number of aromatic nitrogens is 3. The van der Waals surface area contributed by atoms with E-state index in [9.17, 15) is 4.79 Å². The lowest BCUT2D eigenvalue weighted by molar-refractivity contribution is 0.0658. The molecule has 1 aliphatic heterocycles. The van der Waals surface area contributed by atoms with Crippen molar-refractivity contribution in [3.8, 4) is 11.3 Å². The van der Waals surface area contributed by atoms with Crippen molar-refractivity contribution < 1.29 is 4.79 Å². The van der Waals surface area contributed by atoms with Crippen molar-refractivity contribution >= 4 is 41.8 Å². The zero-order valence-electron chi connectivity index (χ0n) is 16.0. The molecule has 0 saturated carbocycles. The van der Waals surface area contributed by atoms with E-state index in [-0.39, 0.29) is 36.8 Å². The molecule has 1 N–H and O–H groups in total. The van der Waals surface area contributed by atoms with Gasteiger partial charge in [0, 0.05) is 37.8 Å². The standard InChI is InChI=1S/C20H23N5O.2ClH/c1-3-25-19-17(13-22-25)16(20(26)24-10-9-21-12-14(24)2)11-18(23-19)15-7-5-4-6-8-15;;/h4-8,11,13-14,21H,3,9-10,12H2,1-2H3;2*1H/t14-;;/m1../s1. The molecular formula is C20H25Cl2N5O. The minimum atomic E-state index is 0. The first-order valence-electron chi connectivity index (χ1n) is 9.12. The van der Waals surface area contributed by atoms with Crippen LogP contribution in [-0.4, -0.2) is 51.2 Å². The predicted octanol–water partition coefficient (Wildman–Crippen LogP) is 3.40. The first kappa shape index (κ1) is 22.1. The van der Waals surface area contributed by atoms with Crippen LogP contribution in [0.1, 0.15) is 24.2 Å². The van der Waals surface area contributed by atoms with Gasteiger partial charge in [0.25, 0.3) is 5.91 Å². The number of pyridine rings is 1. The van der Waals surface area contributed by atoms with E-state index in [1.54, 1.807) is 6.20 Å². The highest BCUT2D eigenvalue weighted by molar-refractivity contribution is 6.06. The van der Waals surface area contributed by atoms with E-state index in [1.807, 2.05) is 52.9 Å². The molecule has 3 aromatic rings. The van der Waals surface area contributed by atoms with Crippen molar-refractivity contribution in [1.29, 1.82) is 0 Å². The van der Waals surface area contributed by atoms with Gasteiger partial charge in [-0.2, -0.15) is 5.10 Å². The van der Waals surface area contributed by atoms with Gasteiger partial charge in [0.2, 0.25) is 0 Å². The fraction of sp³-hybridized carbons (Fsp3) is 0.350. The van der Waals surface area contributed by atoms with Crippen LogP contribution in [0.4, 0.5) is 0 Å². The Balaban J connectivity index is 0.00000140. The molecule has 0 spiro atoms. The molecule has 1 aromatic carbocycles. The Morgan fingerprint density at radius 3 is 2.68 bits per heavy atom. The molecule has 1 fully saturated rings. The zero-order valence-corrected chi connectivity index (χ0v) is 17.6. The number of halogens is 2. The molecule has 1 aliphatic rings. The Morgan fingerprint density at radius 2 is 2.00 bits per heavy atom. The number of fused-ring (bicyclic) bond motifs is 1. The van der Waals surface area contributed by atoms with E-state index in [1.165, 1.54) is 0 Å². The van der Waals surface area contributed by atoms with Gasteiger partial charge >= 0.3 is 0 Å². The molecule has 0 unspecified atom stereocenters. The second kappa shape index (κ2) is 9.37. The highest BCUT2D eigenvalue weighted by atomic mass is 35.5. The number of piperazine rings is 1. The summed E-state index contributed by atoms with van der Waals surface area (Å²) in [5.74, 6) is 0.0548. The minimum absolute atomic E-state index is 0. The van der Waals surface area contributed by atoms with Crippen LogP contribution in [0.25, 0.3) is 22.3 Å². The van der Waals surface area contributed by atoms with Crippen LogP contribution in [0.5, 0.6) is 0 Å². The summed E-state index contributed by atoms with van der Waals surface area (Å²) < 4.78 is 1.85. The number of nitrogens with one attached hydrogen (secondary N) is 1. The van der Waals surface area contributed by atoms with Gasteiger partial charge in [-0.1, -0.05) is 30.3 Å². The first-order valence-corrected chi connectivity index (χ1v) is 9.12. The lowest BCUT2D eigenvalue weighted by Crippen LogP contribution is -2.52. The number of aryl methyl sites for hydroxylation is 1. The van der Waals surface area contributed by atoms with Crippen LogP contribution in [0.2, 0.25) is 0 Å². The Morgan fingerprint density at radius 1 is 1.25 bits per heavy atom. The van der Waals surface area contributed by atoms with Gasteiger partial charge < -0.3 is 10.2 Å². The Labute approximate surface area is 177 Å². The maximum atomic E-state index is 13.3. The monoisotopic (exact) mass is 421 g/mol. The van der Waals surface area contributed by atoms with E-state index in [0.29, 0.717) is 18.7 Å². The SMILES string of the molecule is CCn1ncc2c(C(=O)N3CCNC[C@H]3C)cc(-c3ccccc3)nc21.Cl.Cl. The smallest absolute Gasteiger partial charge is 0.255 e. The van der Waals surface area contributed by atoms with E-state index in [4.69, 9.17) is 4.98 Å². The first-order chi connectivity index (χ1) is 12.7. The zero-order chi connectivity index (χ0) is 18.1. The van der Waals surface area contributed by atoms with Crippen molar-refractivity contribution in [2.45, 2.75) is 26.4 Å². The molecule has 28 heavy (non-hydrogen) atoms. The Kier molecular flexibility index (Phi) is 7.41. The fourth-order valence-corrected chi connectivity index (χ4v) is 3.51. The molecule has 8 heteroatoms. The van der Waals surface area contributed by atoms with E-state index < -0.39 is 0 Å². The number of carbonyl (C=O) groups is 1. The number of nitrogens with zero attached hydrogens (tertiary/aromatic N) is 4. The third-order valence-electron chi connectivity index (χ3n) is 4.97. The van der Waals surface area contributed by atoms with Crippen LogP contribution in [-0.2, 0) is 6.54 Å². The van der Waals surface area contributed by atoms with Gasteiger partial charge in [0.15, 0.2) is 5.65 Å². The number of amides is 1. The summed E-state index contributed by atoms with van der Waals surface area (Å²) in [7, 11) is 0. The van der Waals surface area contributed by atoms with Crippen LogP contribution < -0.4 is 5.32 Å². The van der Waals surface area contributed by atoms with Crippen molar-refractivity contribution in [3.05, 3.63) is 48.2 Å². The number of hydrogen-bond acceptors (Lipinski definition) is 4. The van der Waals surface area contributed by atoms with Crippen molar-refractivity contribution in [3.63, 3.8) is 0 Å². The minimum Gasteiger partial charge on any atom is -0.333 e. The van der Waals surface area contributed by atoms with Crippen LogP contribution >= 0.6 is 24.8 Å². The van der Waals surface area contributed by atoms with Crippen LogP contribution in [0, 0.1) is 0 Å². The summed E-state index contributed by atoms with van der Waals surface area (Å²) in [6.07, 6.45) is 1.76. The largest absolute Gasteiger partial charge is 0.333 e. The molecule has 0 aliphatic carbocycles. The number of carbonyl (C=O) groups excluding carboxylic acids is 1. The molecule has 1 atom stereocenters. The molecular weight excluding hydrogens is 397 g/mol. The third-order valence-corrected chi connectivity index (χ3v) is 4.97. The normalized spacial score (nSPS) is 16.4. The number of hydrogen-bond donors (Lipinski definition) is 1. The topological polar surface area (TPSA) is 63.1 Å². The molecule has 3 heterocycles. The van der Waals surface area contributed by atoms with E-state index in [2.05, 4.69) is 17.3 Å². The average molecular weight is 422 g/mol. The highest BCUT2D eigenvalue weighted by Gasteiger charge is 2.27. The van der Waals surface area contributed by atoms with Crippen molar-refractivity contribution in [2.75, 3.05) is 19.6 Å².